The van der Waals surface area contributed by atoms with Gasteiger partial charge >= 0.3 is 5.97 Å². The van der Waals surface area contributed by atoms with Gasteiger partial charge in [0.05, 0.1) is 0 Å². The molecule has 4 heteroatoms. The van der Waals surface area contributed by atoms with Crippen LogP contribution in [0.2, 0.25) is 0 Å². The van der Waals surface area contributed by atoms with Gasteiger partial charge in [0.1, 0.15) is 0 Å². The third-order valence-electron chi connectivity index (χ3n) is 2.21. The largest absolute Gasteiger partial charge is 0.479 e. The van der Waals surface area contributed by atoms with E-state index in [0.29, 0.717) is 12.1 Å². The van der Waals surface area contributed by atoms with Gasteiger partial charge in [-0.05, 0) is 37.0 Å². The van der Waals surface area contributed by atoms with Crippen molar-refractivity contribution in [3.05, 3.63) is 29.8 Å². The van der Waals surface area contributed by atoms with E-state index in [1.807, 2.05) is 24.3 Å². The number of aliphatic hydroxyl groups excluding tert-OH is 1. The summed E-state index contributed by atoms with van der Waals surface area (Å²) in [5, 5.41) is 17.5. The third kappa shape index (κ3) is 3.99. The summed E-state index contributed by atoms with van der Waals surface area (Å²) in [4.78, 5) is 10.3. The van der Waals surface area contributed by atoms with E-state index in [2.05, 4.69) is 0 Å². The number of carbonyl (C=O) groups is 1. The smallest absolute Gasteiger partial charge is 0.332 e. The lowest BCUT2D eigenvalue weighted by Gasteiger charge is -2.05. The van der Waals surface area contributed by atoms with Crippen LogP contribution in [-0.4, -0.2) is 22.3 Å². The number of aliphatic hydroxyl groups is 1. The van der Waals surface area contributed by atoms with Crippen LogP contribution in [0, 0.1) is 0 Å². The summed E-state index contributed by atoms with van der Waals surface area (Å²) < 4.78 is 0. The minimum Gasteiger partial charge on any atom is -0.479 e. The minimum atomic E-state index is -1.25. The van der Waals surface area contributed by atoms with Crippen LogP contribution >= 0.6 is 0 Å². The maximum atomic E-state index is 10.3. The number of carboxylic acid groups (broad SMARTS) is 1. The molecule has 0 fully saturated rings. The lowest BCUT2D eigenvalue weighted by Crippen LogP contribution is -2.19. The highest BCUT2D eigenvalue weighted by Gasteiger charge is 2.11. The maximum absolute atomic E-state index is 10.3. The van der Waals surface area contributed by atoms with Crippen LogP contribution < -0.4 is 5.73 Å². The molecule has 82 valence electrons. The number of hydrogen-bond donors (Lipinski definition) is 3. The molecule has 1 rings (SSSR count). The molecular weight excluding hydrogens is 194 g/mol. The van der Waals surface area contributed by atoms with E-state index in [1.165, 1.54) is 0 Å². The lowest BCUT2D eigenvalue weighted by molar-refractivity contribution is -0.146. The highest BCUT2D eigenvalue weighted by atomic mass is 16.4. The number of carboxylic acids is 1. The van der Waals surface area contributed by atoms with Crippen molar-refractivity contribution in [3.8, 4) is 0 Å². The number of nitrogen functional groups attached to an aromatic ring is 1. The average Bonchev–Trinajstić information content (AvgIpc) is 2.20. The number of aryl methyl sites for hydroxylation is 1. The zero-order chi connectivity index (χ0) is 11.3. The SMILES string of the molecule is Nc1ccc(CCCC(O)C(=O)O)cc1. The summed E-state index contributed by atoms with van der Waals surface area (Å²) >= 11 is 0. The molecule has 0 saturated heterocycles. The van der Waals surface area contributed by atoms with Crippen molar-refractivity contribution >= 4 is 11.7 Å². The van der Waals surface area contributed by atoms with Crippen molar-refractivity contribution in [3.63, 3.8) is 0 Å². The summed E-state index contributed by atoms with van der Waals surface area (Å²) in [6.45, 7) is 0. The minimum absolute atomic E-state index is 0.277. The molecule has 4 N–H and O–H groups in total. The molecular formula is C11H15NO3. The molecule has 0 amide bonds. The summed E-state index contributed by atoms with van der Waals surface area (Å²) in [6.07, 6.45) is 0.431. The Hall–Kier alpha value is -1.55. The lowest BCUT2D eigenvalue weighted by atomic mass is 10.1. The van der Waals surface area contributed by atoms with Gasteiger partial charge in [0.2, 0.25) is 0 Å². The molecule has 1 aromatic rings. The monoisotopic (exact) mass is 209 g/mol. The number of rotatable bonds is 5. The van der Waals surface area contributed by atoms with Gasteiger partial charge in [0, 0.05) is 5.69 Å². The van der Waals surface area contributed by atoms with Gasteiger partial charge in [-0.1, -0.05) is 12.1 Å². The predicted octanol–water partition coefficient (Wildman–Crippen LogP) is 1.04. The van der Waals surface area contributed by atoms with Crippen LogP contribution in [0.3, 0.4) is 0 Å². The van der Waals surface area contributed by atoms with E-state index in [0.717, 1.165) is 12.0 Å². The number of benzene rings is 1. The molecule has 0 aromatic heterocycles. The highest BCUT2D eigenvalue weighted by molar-refractivity contribution is 5.71. The van der Waals surface area contributed by atoms with Crippen molar-refractivity contribution in [1.29, 1.82) is 0 Å². The van der Waals surface area contributed by atoms with E-state index in [-0.39, 0.29) is 6.42 Å². The molecule has 0 spiro atoms. The van der Waals surface area contributed by atoms with Gasteiger partial charge in [0.25, 0.3) is 0 Å². The molecule has 0 heterocycles. The fraction of sp³-hybridized carbons (Fsp3) is 0.364. The van der Waals surface area contributed by atoms with Gasteiger partial charge in [-0.15, -0.1) is 0 Å². The maximum Gasteiger partial charge on any atom is 0.332 e. The van der Waals surface area contributed by atoms with Crippen molar-refractivity contribution in [1.82, 2.24) is 0 Å². The standard InChI is InChI=1S/C11H15NO3/c12-9-6-4-8(5-7-9)2-1-3-10(13)11(14)15/h4-7,10,13H,1-3,12H2,(H,14,15). The van der Waals surface area contributed by atoms with Crippen molar-refractivity contribution in [2.75, 3.05) is 5.73 Å². The Kier molecular flexibility index (Phi) is 4.12. The number of hydrogen-bond acceptors (Lipinski definition) is 3. The van der Waals surface area contributed by atoms with Crippen LogP contribution in [0.5, 0.6) is 0 Å². The molecule has 15 heavy (non-hydrogen) atoms. The van der Waals surface area contributed by atoms with Gasteiger partial charge in [-0.25, -0.2) is 4.79 Å². The van der Waals surface area contributed by atoms with E-state index < -0.39 is 12.1 Å². The van der Waals surface area contributed by atoms with Gasteiger partial charge in [-0.2, -0.15) is 0 Å². The normalized spacial score (nSPS) is 12.3. The second-order valence-corrected chi connectivity index (χ2v) is 3.49. The van der Waals surface area contributed by atoms with E-state index in [4.69, 9.17) is 15.9 Å². The van der Waals surface area contributed by atoms with Crippen LogP contribution in [0.15, 0.2) is 24.3 Å². The van der Waals surface area contributed by atoms with E-state index in [9.17, 15) is 4.79 Å². The zero-order valence-corrected chi connectivity index (χ0v) is 8.39. The Bertz CT molecular complexity index is 321. The first-order valence-electron chi connectivity index (χ1n) is 4.85. The summed E-state index contributed by atoms with van der Waals surface area (Å²) in [5.74, 6) is -1.16. The first kappa shape index (κ1) is 11.5. The molecule has 0 aliphatic carbocycles. The van der Waals surface area contributed by atoms with Gasteiger partial charge in [-0.3, -0.25) is 0 Å². The van der Waals surface area contributed by atoms with Gasteiger partial charge < -0.3 is 15.9 Å². The molecule has 1 aromatic carbocycles. The molecule has 0 radical (unpaired) electrons. The fourth-order valence-electron chi connectivity index (χ4n) is 1.31. The molecule has 0 aliphatic heterocycles. The Morgan fingerprint density at radius 3 is 2.47 bits per heavy atom. The molecule has 0 saturated carbocycles. The zero-order valence-electron chi connectivity index (χ0n) is 8.39. The topological polar surface area (TPSA) is 83.5 Å². The highest BCUT2D eigenvalue weighted by Crippen LogP contribution is 2.09. The first-order valence-corrected chi connectivity index (χ1v) is 4.85. The van der Waals surface area contributed by atoms with Crippen LogP contribution in [-0.2, 0) is 11.2 Å². The van der Waals surface area contributed by atoms with Gasteiger partial charge in [0.15, 0.2) is 6.10 Å². The molecule has 1 atom stereocenters. The quantitative estimate of drug-likeness (QED) is 0.632. The summed E-state index contributed by atoms with van der Waals surface area (Å²) in [5.41, 5.74) is 7.34. The average molecular weight is 209 g/mol. The fourth-order valence-corrected chi connectivity index (χ4v) is 1.31. The first-order chi connectivity index (χ1) is 7.09. The van der Waals surface area contributed by atoms with Crippen LogP contribution in [0.4, 0.5) is 5.69 Å². The van der Waals surface area contributed by atoms with Crippen molar-refractivity contribution < 1.29 is 15.0 Å². The predicted molar refractivity (Wildman–Crippen MR) is 57.4 cm³/mol. The van der Waals surface area contributed by atoms with E-state index >= 15 is 0 Å². The number of anilines is 1. The summed E-state index contributed by atoms with van der Waals surface area (Å²) in [6, 6.07) is 7.43. The third-order valence-corrected chi connectivity index (χ3v) is 2.21. The number of aliphatic carboxylic acids is 1. The van der Waals surface area contributed by atoms with E-state index in [1.54, 1.807) is 0 Å². The summed E-state index contributed by atoms with van der Waals surface area (Å²) in [7, 11) is 0. The van der Waals surface area contributed by atoms with Crippen molar-refractivity contribution in [2.45, 2.75) is 25.4 Å². The van der Waals surface area contributed by atoms with Crippen LogP contribution in [0.25, 0.3) is 0 Å². The molecule has 0 aliphatic rings. The molecule has 1 unspecified atom stereocenters. The van der Waals surface area contributed by atoms with Crippen molar-refractivity contribution in [2.24, 2.45) is 0 Å². The van der Waals surface area contributed by atoms with Crippen LogP contribution in [0.1, 0.15) is 18.4 Å². The Balaban J connectivity index is 2.32. The second-order valence-electron chi connectivity index (χ2n) is 3.49. The Morgan fingerprint density at radius 1 is 1.33 bits per heavy atom. The molecule has 0 bridgehead atoms. The second kappa shape index (κ2) is 5.36. The molecule has 4 nitrogen and oxygen atoms in total. The number of nitrogens with two attached hydrogens (primary N) is 1. The Labute approximate surface area is 88.3 Å². The Morgan fingerprint density at radius 2 is 1.93 bits per heavy atom.